The van der Waals surface area contributed by atoms with Crippen LogP contribution in [0.25, 0.3) is 11.0 Å². The third-order valence-corrected chi connectivity index (χ3v) is 10.3. The number of esters is 2. The van der Waals surface area contributed by atoms with Crippen LogP contribution < -0.4 is 0 Å². The summed E-state index contributed by atoms with van der Waals surface area (Å²) in [6.07, 6.45) is 9.29. The number of furan rings is 1. The van der Waals surface area contributed by atoms with E-state index in [4.69, 9.17) is 18.6 Å². The molecular weight excluding hydrogens is 673 g/mol. The van der Waals surface area contributed by atoms with Crippen LogP contribution in [0.3, 0.4) is 0 Å². The van der Waals surface area contributed by atoms with Crippen molar-refractivity contribution in [3.8, 4) is 11.8 Å². The standard InChI is InChI=1S/C40H48O5.C8H10O/c1-27(2)20-32(21-28(3)4)14-16-33-23-36(45-38(33)41)26-43-39(42)40(18-6-7-19-40)25-35-24-34-22-31(15-17-37(34)44-35)13-12-30-10-8-29(5)9-11-30;1-9-7-8-5-3-2-4-6-8/h8-11,15-17,22,24,27-28,32,36H,6-7,14,18-21,23,25-26H2,1-5H3;2-6H,7H2,1H3/b33-16+;. The Labute approximate surface area is 322 Å². The van der Waals surface area contributed by atoms with Gasteiger partial charge >= 0.3 is 11.9 Å². The lowest BCUT2D eigenvalue weighted by Gasteiger charge is -2.26. The molecule has 0 N–H and O–H groups in total. The maximum Gasteiger partial charge on any atom is 0.334 e. The first kappa shape index (κ1) is 40.6. The van der Waals surface area contributed by atoms with Crippen molar-refractivity contribution in [3.05, 3.63) is 119 Å². The van der Waals surface area contributed by atoms with Gasteiger partial charge in [0, 0.05) is 42.0 Å². The quantitative estimate of drug-likeness (QED) is 0.0774. The molecule has 1 unspecified atom stereocenters. The number of hydrogen-bond acceptors (Lipinski definition) is 6. The molecular formula is C48H58O6. The molecule has 4 aromatic rings. The molecule has 3 aromatic carbocycles. The highest BCUT2D eigenvalue weighted by molar-refractivity contribution is 5.90. The zero-order valence-electron chi connectivity index (χ0n) is 33.1. The van der Waals surface area contributed by atoms with E-state index >= 15 is 0 Å². The number of ether oxygens (including phenoxy) is 3. The van der Waals surface area contributed by atoms with E-state index in [0.717, 1.165) is 72.8 Å². The largest absolute Gasteiger partial charge is 0.461 e. The molecule has 2 fully saturated rings. The fraction of sp³-hybridized carbons (Fsp3) is 0.458. The maximum absolute atomic E-state index is 13.6. The van der Waals surface area contributed by atoms with Gasteiger partial charge in [0.1, 0.15) is 24.1 Å². The first-order valence-corrected chi connectivity index (χ1v) is 19.7. The third-order valence-electron chi connectivity index (χ3n) is 10.3. The third kappa shape index (κ3) is 12.0. The van der Waals surface area contributed by atoms with Gasteiger partial charge < -0.3 is 18.6 Å². The van der Waals surface area contributed by atoms with Crippen LogP contribution in [0, 0.1) is 41.9 Å². The number of fused-ring (bicyclic) bond motifs is 1. The van der Waals surface area contributed by atoms with Crippen molar-refractivity contribution in [2.75, 3.05) is 13.7 Å². The number of allylic oxidation sites excluding steroid dienone is 1. The molecule has 54 heavy (non-hydrogen) atoms. The smallest absolute Gasteiger partial charge is 0.334 e. The molecule has 0 amide bonds. The predicted molar refractivity (Wildman–Crippen MR) is 216 cm³/mol. The first-order valence-electron chi connectivity index (χ1n) is 19.7. The molecule has 0 radical (unpaired) electrons. The van der Waals surface area contributed by atoms with Crippen molar-refractivity contribution < 1.29 is 28.2 Å². The van der Waals surface area contributed by atoms with E-state index in [1.54, 1.807) is 7.11 Å². The average Bonchev–Trinajstić information content (AvgIpc) is 3.88. The van der Waals surface area contributed by atoms with Gasteiger partial charge in [0.2, 0.25) is 0 Å². The summed E-state index contributed by atoms with van der Waals surface area (Å²) in [6, 6.07) is 26.3. The summed E-state index contributed by atoms with van der Waals surface area (Å²) < 4.78 is 22.6. The normalized spacial score (nSPS) is 17.1. The summed E-state index contributed by atoms with van der Waals surface area (Å²) in [7, 11) is 1.70. The van der Waals surface area contributed by atoms with Gasteiger partial charge in [0.05, 0.1) is 12.0 Å². The maximum atomic E-state index is 13.6. The van der Waals surface area contributed by atoms with E-state index in [1.807, 2.05) is 66.7 Å². The van der Waals surface area contributed by atoms with Crippen molar-refractivity contribution in [3.63, 3.8) is 0 Å². The highest BCUT2D eigenvalue weighted by atomic mass is 16.6. The van der Waals surface area contributed by atoms with Crippen molar-refractivity contribution in [1.29, 1.82) is 0 Å². The summed E-state index contributed by atoms with van der Waals surface area (Å²) in [5, 5.41) is 0.975. The van der Waals surface area contributed by atoms with Crippen molar-refractivity contribution in [1.82, 2.24) is 0 Å². The minimum Gasteiger partial charge on any atom is -0.461 e. The van der Waals surface area contributed by atoms with Gasteiger partial charge in [-0.2, -0.15) is 0 Å². The van der Waals surface area contributed by atoms with Crippen molar-refractivity contribution >= 4 is 22.9 Å². The Morgan fingerprint density at radius 3 is 2.24 bits per heavy atom. The lowest BCUT2D eigenvalue weighted by Crippen LogP contribution is -2.34. The molecule has 0 bridgehead atoms. The Morgan fingerprint density at radius 2 is 1.57 bits per heavy atom. The number of rotatable bonds is 13. The molecule has 6 rings (SSSR count). The fourth-order valence-electron chi connectivity index (χ4n) is 7.73. The second-order valence-corrected chi connectivity index (χ2v) is 16.1. The van der Waals surface area contributed by atoms with E-state index in [-0.39, 0.29) is 18.5 Å². The van der Waals surface area contributed by atoms with Crippen LogP contribution in [0.2, 0.25) is 0 Å². The van der Waals surface area contributed by atoms with Crippen LogP contribution in [0.5, 0.6) is 0 Å². The van der Waals surface area contributed by atoms with Crippen LogP contribution in [0.4, 0.5) is 0 Å². The van der Waals surface area contributed by atoms with E-state index in [2.05, 4.69) is 64.7 Å². The Morgan fingerprint density at radius 1 is 0.907 bits per heavy atom. The Hall–Kier alpha value is -4.60. The number of methoxy groups -OCH3 is 1. The van der Waals surface area contributed by atoms with Gasteiger partial charge in [-0.3, -0.25) is 4.79 Å². The van der Waals surface area contributed by atoms with Gasteiger partial charge in [0.15, 0.2) is 0 Å². The molecule has 0 spiro atoms. The molecule has 2 heterocycles. The highest BCUT2D eigenvalue weighted by Gasteiger charge is 2.44. The molecule has 6 heteroatoms. The summed E-state index contributed by atoms with van der Waals surface area (Å²) in [4.78, 5) is 26.2. The molecule has 1 aliphatic heterocycles. The van der Waals surface area contributed by atoms with Gasteiger partial charge in [-0.05, 0) is 98.7 Å². The fourth-order valence-corrected chi connectivity index (χ4v) is 7.73. The number of aryl methyl sites for hydroxylation is 1. The number of hydrogen-bond donors (Lipinski definition) is 0. The summed E-state index contributed by atoms with van der Waals surface area (Å²) in [6.45, 7) is 11.9. The number of cyclic esters (lactones) is 1. The molecule has 2 aliphatic rings. The Balaban J connectivity index is 0.000000546. The van der Waals surface area contributed by atoms with E-state index < -0.39 is 11.5 Å². The molecule has 1 aliphatic carbocycles. The molecule has 1 saturated carbocycles. The predicted octanol–water partition coefficient (Wildman–Crippen LogP) is 11.0. The summed E-state index contributed by atoms with van der Waals surface area (Å²) >= 11 is 0. The zero-order chi connectivity index (χ0) is 38.5. The summed E-state index contributed by atoms with van der Waals surface area (Å²) in [5.74, 6) is 8.58. The lowest BCUT2D eigenvalue weighted by molar-refractivity contribution is -0.161. The van der Waals surface area contributed by atoms with Crippen molar-refractivity contribution in [2.24, 2.45) is 23.2 Å². The molecule has 6 nitrogen and oxygen atoms in total. The second-order valence-electron chi connectivity index (χ2n) is 16.1. The molecule has 1 atom stereocenters. The lowest BCUT2D eigenvalue weighted by atomic mass is 9.82. The van der Waals surface area contributed by atoms with Gasteiger partial charge in [-0.15, -0.1) is 0 Å². The minimum atomic E-state index is -0.621. The van der Waals surface area contributed by atoms with Crippen LogP contribution >= 0.6 is 0 Å². The van der Waals surface area contributed by atoms with Crippen LogP contribution in [0.15, 0.2) is 94.9 Å². The number of carbonyl (C=O) groups excluding carboxylic acids is 2. The topological polar surface area (TPSA) is 75.0 Å². The van der Waals surface area contributed by atoms with Crippen LogP contribution in [-0.4, -0.2) is 31.8 Å². The minimum absolute atomic E-state index is 0.0915. The summed E-state index contributed by atoms with van der Waals surface area (Å²) in [5.41, 5.74) is 5.21. The van der Waals surface area contributed by atoms with Gasteiger partial charge in [-0.1, -0.05) is 106 Å². The first-order chi connectivity index (χ1) is 26.0. The van der Waals surface area contributed by atoms with E-state index in [0.29, 0.717) is 42.8 Å². The van der Waals surface area contributed by atoms with E-state index in [1.165, 1.54) is 11.1 Å². The molecule has 286 valence electrons. The second kappa shape index (κ2) is 19.6. The highest BCUT2D eigenvalue weighted by Crippen LogP contribution is 2.43. The van der Waals surface area contributed by atoms with Crippen LogP contribution in [-0.2, 0) is 36.8 Å². The number of carbonyl (C=O) groups is 2. The van der Waals surface area contributed by atoms with Gasteiger partial charge in [-0.25, -0.2) is 4.79 Å². The monoisotopic (exact) mass is 730 g/mol. The Bertz CT molecular complexity index is 1890. The average molecular weight is 731 g/mol. The Kier molecular flexibility index (Phi) is 14.8. The van der Waals surface area contributed by atoms with Gasteiger partial charge in [0.25, 0.3) is 0 Å². The van der Waals surface area contributed by atoms with Crippen LogP contribution in [0.1, 0.15) is 107 Å². The van der Waals surface area contributed by atoms with Crippen molar-refractivity contribution in [2.45, 2.75) is 105 Å². The van der Waals surface area contributed by atoms with E-state index in [9.17, 15) is 9.59 Å². The molecule has 1 saturated heterocycles. The molecule has 1 aromatic heterocycles. The number of benzene rings is 3. The SMILES string of the molecule is COCc1ccccc1.Cc1ccc(C#Cc2ccc3oc(CC4(C(=O)OCC5C/C(=C\CC(CC(C)C)CC(C)C)C(=O)O5)CCCC4)cc3c2)cc1. The zero-order valence-corrected chi connectivity index (χ0v) is 33.1.